The van der Waals surface area contributed by atoms with Crippen molar-refractivity contribution in [2.45, 2.75) is 19.3 Å². The first-order valence-electron chi connectivity index (χ1n) is 12.7. The number of nitrogens with zero attached hydrogens (tertiary/aromatic N) is 2. The maximum absolute atomic E-state index is 2.44. The van der Waals surface area contributed by atoms with Gasteiger partial charge in [0, 0.05) is 50.7 Å². The molecule has 7 aromatic rings. The number of hydrogen-bond acceptors (Lipinski definition) is 0. The SMILES string of the molecule is Cn1c2ccc(-n3c4ccccc4c4ccccc43)cc2c2cc3c(cc21)C(C)(C)c1ccccc1-3. The average Bonchev–Trinajstić information content (AvgIpc) is 3.47. The number of fused-ring (bicyclic) bond motifs is 9. The Labute approximate surface area is 210 Å². The maximum atomic E-state index is 2.44. The zero-order valence-electron chi connectivity index (χ0n) is 20.7. The van der Waals surface area contributed by atoms with Crippen LogP contribution < -0.4 is 0 Å². The summed E-state index contributed by atoms with van der Waals surface area (Å²) < 4.78 is 4.77. The van der Waals surface area contributed by atoms with Gasteiger partial charge in [-0.3, -0.25) is 0 Å². The highest BCUT2D eigenvalue weighted by atomic mass is 15.0. The largest absolute Gasteiger partial charge is 0.344 e. The molecule has 0 saturated carbocycles. The number of aromatic nitrogens is 2. The summed E-state index contributed by atoms with van der Waals surface area (Å²) >= 11 is 0. The van der Waals surface area contributed by atoms with Gasteiger partial charge in [0.25, 0.3) is 0 Å². The number of para-hydroxylation sites is 2. The van der Waals surface area contributed by atoms with Crippen LogP contribution in [0.3, 0.4) is 0 Å². The van der Waals surface area contributed by atoms with Crippen molar-refractivity contribution < 1.29 is 0 Å². The Balaban J connectivity index is 1.46. The average molecular weight is 463 g/mol. The maximum Gasteiger partial charge on any atom is 0.0541 e. The molecule has 2 heteroatoms. The zero-order valence-corrected chi connectivity index (χ0v) is 20.7. The normalized spacial score (nSPS) is 14.2. The van der Waals surface area contributed by atoms with Gasteiger partial charge in [-0.25, -0.2) is 0 Å². The van der Waals surface area contributed by atoms with E-state index in [4.69, 9.17) is 0 Å². The highest BCUT2D eigenvalue weighted by molar-refractivity contribution is 6.12. The van der Waals surface area contributed by atoms with Gasteiger partial charge in [0.15, 0.2) is 0 Å². The molecule has 0 aliphatic heterocycles. The zero-order chi connectivity index (χ0) is 24.2. The van der Waals surface area contributed by atoms with Crippen LogP contribution in [-0.2, 0) is 12.5 Å². The van der Waals surface area contributed by atoms with Crippen LogP contribution >= 0.6 is 0 Å². The van der Waals surface area contributed by atoms with Crippen LogP contribution in [-0.4, -0.2) is 9.13 Å². The van der Waals surface area contributed by atoms with Gasteiger partial charge in [-0.05, 0) is 64.7 Å². The van der Waals surface area contributed by atoms with Crippen molar-refractivity contribution in [1.82, 2.24) is 9.13 Å². The molecule has 0 bridgehead atoms. The molecule has 2 nitrogen and oxygen atoms in total. The molecule has 0 radical (unpaired) electrons. The fourth-order valence-corrected chi connectivity index (χ4v) is 6.73. The summed E-state index contributed by atoms with van der Waals surface area (Å²) in [7, 11) is 2.20. The highest BCUT2D eigenvalue weighted by Gasteiger charge is 2.35. The third-order valence-electron chi connectivity index (χ3n) is 8.53. The molecule has 1 aliphatic rings. The summed E-state index contributed by atoms with van der Waals surface area (Å²) in [5.74, 6) is 0. The molecule has 8 rings (SSSR count). The lowest BCUT2D eigenvalue weighted by molar-refractivity contribution is 0.661. The Hall–Kier alpha value is -4.30. The summed E-state index contributed by atoms with van der Waals surface area (Å²) in [5, 5.41) is 5.21. The van der Waals surface area contributed by atoms with E-state index in [2.05, 4.69) is 133 Å². The third-order valence-corrected chi connectivity index (χ3v) is 8.53. The molecule has 0 unspecified atom stereocenters. The van der Waals surface area contributed by atoms with Gasteiger partial charge in [0.1, 0.15) is 0 Å². The Morgan fingerprint density at radius 2 is 1.14 bits per heavy atom. The second-order valence-corrected chi connectivity index (χ2v) is 10.7. The topological polar surface area (TPSA) is 9.86 Å². The number of aryl methyl sites for hydroxylation is 1. The van der Waals surface area contributed by atoms with Crippen molar-refractivity contribution in [2.75, 3.05) is 0 Å². The first-order valence-corrected chi connectivity index (χ1v) is 12.7. The molecule has 1 aliphatic carbocycles. The Morgan fingerprint density at radius 3 is 1.89 bits per heavy atom. The van der Waals surface area contributed by atoms with E-state index < -0.39 is 0 Å². The molecule has 0 N–H and O–H groups in total. The van der Waals surface area contributed by atoms with E-state index in [9.17, 15) is 0 Å². The standard InChI is InChI=1S/C34H26N2/c1-34(2)28-13-7-4-10-22(28)25-19-27-26-18-21(16-17-30(26)35(3)33(27)20-29(25)34)36-31-14-8-5-11-23(31)24-12-6-9-15-32(24)36/h4-20H,1-3H3. The smallest absolute Gasteiger partial charge is 0.0541 e. The molecule has 5 aromatic carbocycles. The van der Waals surface area contributed by atoms with Crippen molar-refractivity contribution >= 4 is 43.6 Å². The molecule has 2 heterocycles. The Morgan fingerprint density at radius 1 is 0.500 bits per heavy atom. The number of hydrogen-bond donors (Lipinski definition) is 0. The first kappa shape index (κ1) is 19.9. The van der Waals surface area contributed by atoms with Crippen molar-refractivity contribution in [3.63, 3.8) is 0 Å². The van der Waals surface area contributed by atoms with Gasteiger partial charge in [0.2, 0.25) is 0 Å². The predicted molar refractivity (Wildman–Crippen MR) is 152 cm³/mol. The van der Waals surface area contributed by atoms with Gasteiger partial charge in [0.05, 0.1) is 11.0 Å². The van der Waals surface area contributed by atoms with E-state index in [1.807, 2.05) is 0 Å². The second-order valence-electron chi connectivity index (χ2n) is 10.7. The van der Waals surface area contributed by atoms with Gasteiger partial charge < -0.3 is 9.13 Å². The lowest BCUT2D eigenvalue weighted by Crippen LogP contribution is -2.14. The molecule has 0 spiro atoms. The van der Waals surface area contributed by atoms with Crippen LogP contribution in [0.5, 0.6) is 0 Å². The van der Waals surface area contributed by atoms with E-state index in [1.54, 1.807) is 0 Å². The minimum absolute atomic E-state index is 0.00467. The highest BCUT2D eigenvalue weighted by Crippen LogP contribution is 2.50. The van der Waals surface area contributed by atoms with Crippen LogP contribution in [0.25, 0.3) is 60.4 Å². The number of rotatable bonds is 1. The summed E-state index contributed by atoms with van der Waals surface area (Å²) in [5.41, 5.74) is 11.8. The molecule has 172 valence electrons. The van der Waals surface area contributed by atoms with Gasteiger partial charge >= 0.3 is 0 Å². The fraction of sp³-hybridized carbons (Fsp3) is 0.118. The Kier molecular flexibility index (Phi) is 3.70. The molecule has 0 saturated heterocycles. The molecule has 0 atom stereocenters. The van der Waals surface area contributed by atoms with Crippen LogP contribution in [0.2, 0.25) is 0 Å². The first-order chi connectivity index (χ1) is 17.5. The lowest BCUT2D eigenvalue weighted by atomic mass is 9.82. The van der Waals surface area contributed by atoms with E-state index in [0.717, 1.165) is 0 Å². The molecule has 2 aromatic heterocycles. The monoisotopic (exact) mass is 462 g/mol. The van der Waals surface area contributed by atoms with Crippen LogP contribution in [0, 0.1) is 0 Å². The van der Waals surface area contributed by atoms with Gasteiger partial charge in [-0.1, -0.05) is 74.5 Å². The van der Waals surface area contributed by atoms with Crippen LogP contribution in [0.15, 0.2) is 103 Å². The summed E-state index contributed by atoms with van der Waals surface area (Å²) in [6, 6.07) is 38.2. The van der Waals surface area contributed by atoms with E-state index >= 15 is 0 Å². The van der Waals surface area contributed by atoms with E-state index in [0.29, 0.717) is 0 Å². The Bertz CT molecular complexity index is 1980. The minimum Gasteiger partial charge on any atom is -0.344 e. The molecule has 36 heavy (non-hydrogen) atoms. The van der Waals surface area contributed by atoms with Gasteiger partial charge in [-0.2, -0.15) is 0 Å². The van der Waals surface area contributed by atoms with Crippen molar-refractivity contribution in [2.24, 2.45) is 7.05 Å². The fourth-order valence-electron chi connectivity index (χ4n) is 6.73. The summed E-state index contributed by atoms with van der Waals surface area (Å²) in [6.45, 7) is 4.71. The van der Waals surface area contributed by atoms with Crippen molar-refractivity contribution in [1.29, 1.82) is 0 Å². The van der Waals surface area contributed by atoms with Gasteiger partial charge in [-0.15, -0.1) is 0 Å². The quantitative estimate of drug-likeness (QED) is 0.231. The minimum atomic E-state index is 0.00467. The predicted octanol–water partition coefficient (Wildman–Crippen LogP) is 8.73. The summed E-state index contributed by atoms with van der Waals surface area (Å²) in [4.78, 5) is 0. The van der Waals surface area contributed by atoms with E-state index in [-0.39, 0.29) is 5.41 Å². The molecular formula is C34H26N2. The number of benzene rings is 5. The van der Waals surface area contributed by atoms with Crippen molar-refractivity contribution in [3.8, 4) is 16.8 Å². The lowest BCUT2D eigenvalue weighted by Gasteiger charge is -2.21. The van der Waals surface area contributed by atoms with Crippen LogP contribution in [0.1, 0.15) is 25.0 Å². The third kappa shape index (κ3) is 2.37. The van der Waals surface area contributed by atoms with Crippen molar-refractivity contribution in [3.05, 3.63) is 114 Å². The molecular weight excluding hydrogens is 436 g/mol. The second kappa shape index (κ2) is 6.67. The molecule has 0 fully saturated rings. The van der Waals surface area contributed by atoms with E-state index in [1.165, 1.54) is 71.6 Å². The van der Waals surface area contributed by atoms with Crippen LogP contribution in [0.4, 0.5) is 0 Å². The summed E-state index contributed by atoms with van der Waals surface area (Å²) in [6.07, 6.45) is 0. The molecule has 0 amide bonds.